The van der Waals surface area contributed by atoms with Gasteiger partial charge in [0, 0.05) is 25.0 Å². The van der Waals surface area contributed by atoms with Crippen LogP contribution in [0.5, 0.6) is 0 Å². The smallest absolute Gasteiger partial charge is 0.308 e. The van der Waals surface area contributed by atoms with E-state index in [9.17, 15) is 14.4 Å². The molecule has 0 aliphatic carbocycles. The standard InChI is InChI=1S/C15H26N2O4/c1-11(9-13(19)21-15(2,3)4)16-14(20)12-5-7-17(10-18)8-6-12/h10-12H,5-9H2,1-4H3,(H,16,20). The monoisotopic (exact) mass is 298 g/mol. The molecule has 21 heavy (non-hydrogen) atoms. The Labute approximate surface area is 126 Å². The minimum absolute atomic E-state index is 0.0448. The van der Waals surface area contributed by atoms with Crippen LogP contribution < -0.4 is 5.32 Å². The number of hydrogen-bond acceptors (Lipinski definition) is 4. The highest BCUT2D eigenvalue weighted by Gasteiger charge is 2.26. The van der Waals surface area contributed by atoms with Crippen LogP contribution in [0.25, 0.3) is 0 Å². The number of amides is 2. The van der Waals surface area contributed by atoms with E-state index in [2.05, 4.69) is 5.32 Å². The number of ether oxygens (including phenoxy) is 1. The molecule has 0 aromatic carbocycles. The van der Waals surface area contributed by atoms with Gasteiger partial charge in [-0.2, -0.15) is 0 Å². The van der Waals surface area contributed by atoms with E-state index >= 15 is 0 Å². The van der Waals surface area contributed by atoms with Crippen LogP contribution in [0.15, 0.2) is 0 Å². The molecular formula is C15H26N2O4. The maximum Gasteiger partial charge on any atom is 0.308 e. The third-order valence-electron chi connectivity index (χ3n) is 3.33. The van der Waals surface area contributed by atoms with Crippen LogP contribution in [-0.4, -0.2) is 47.9 Å². The fraction of sp³-hybridized carbons (Fsp3) is 0.800. The largest absolute Gasteiger partial charge is 0.460 e. The van der Waals surface area contributed by atoms with E-state index in [0.29, 0.717) is 25.9 Å². The van der Waals surface area contributed by atoms with Crippen LogP contribution in [0.4, 0.5) is 0 Å². The second kappa shape index (κ2) is 7.43. The Balaban J connectivity index is 2.34. The van der Waals surface area contributed by atoms with Crippen LogP contribution in [0.1, 0.15) is 47.0 Å². The highest BCUT2D eigenvalue weighted by molar-refractivity contribution is 5.80. The fourth-order valence-electron chi connectivity index (χ4n) is 2.31. The summed E-state index contributed by atoms with van der Waals surface area (Å²) < 4.78 is 5.23. The molecule has 6 nitrogen and oxygen atoms in total. The Morgan fingerprint density at radius 3 is 2.38 bits per heavy atom. The van der Waals surface area contributed by atoms with Crippen molar-refractivity contribution >= 4 is 18.3 Å². The number of nitrogens with zero attached hydrogens (tertiary/aromatic N) is 1. The van der Waals surface area contributed by atoms with Crippen molar-refractivity contribution in [1.29, 1.82) is 0 Å². The lowest BCUT2D eigenvalue weighted by molar-refractivity contribution is -0.155. The molecule has 1 atom stereocenters. The number of piperidine rings is 1. The molecule has 0 aromatic heterocycles. The first-order valence-corrected chi connectivity index (χ1v) is 7.43. The van der Waals surface area contributed by atoms with Crippen molar-refractivity contribution in [2.24, 2.45) is 5.92 Å². The Kier molecular flexibility index (Phi) is 6.18. The van der Waals surface area contributed by atoms with Gasteiger partial charge in [0.05, 0.1) is 6.42 Å². The van der Waals surface area contributed by atoms with Gasteiger partial charge in [0.15, 0.2) is 0 Å². The molecule has 0 radical (unpaired) electrons. The average Bonchev–Trinajstić information content (AvgIpc) is 2.36. The SMILES string of the molecule is CC(CC(=O)OC(C)(C)C)NC(=O)C1CCN(C=O)CC1. The molecule has 1 saturated heterocycles. The van der Waals surface area contributed by atoms with Gasteiger partial charge in [-0.3, -0.25) is 14.4 Å². The second-order valence-corrected chi connectivity index (χ2v) is 6.62. The minimum Gasteiger partial charge on any atom is -0.460 e. The number of carbonyl (C=O) groups excluding carboxylic acids is 3. The fourth-order valence-corrected chi connectivity index (χ4v) is 2.31. The van der Waals surface area contributed by atoms with Gasteiger partial charge in [-0.15, -0.1) is 0 Å². The van der Waals surface area contributed by atoms with E-state index < -0.39 is 5.60 Å². The molecule has 1 aliphatic rings. The second-order valence-electron chi connectivity index (χ2n) is 6.62. The number of likely N-dealkylation sites (tertiary alicyclic amines) is 1. The Bertz CT molecular complexity index is 382. The molecule has 1 fully saturated rings. The van der Waals surface area contributed by atoms with Crippen molar-refractivity contribution in [3.63, 3.8) is 0 Å². The maximum atomic E-state index is 12.1. The van der Waals surface area contributed by atoms with E-state index in [0.717, 1.165) is 6.41 Å². The first-order chi connectivity index (χ1) is 9.71. The number of rotatable bonds is 5. The third-order valence-corrected chi connectivity index (χ3v) is 3.33. The molecule has 1 rings (SSSR count). The lowest BCUT2D eigenvalue weighted by Gasteiger charge is -2.29. The number of carbonyl (C=O) groups is 3. The van der Waals surface area contributed by atoms with Crippen LogP contribution in [0.3, 0.4) is 0 Å². The molecule has 6 heteroatoms. The lowest BCUT2D eigenvalue weighted by atomic mass is 9.96. The van der Waals surface area contributed by atoms with Gasteiger partial charge in [0.25, 0.3) is 0 Å². The van der Waals surface area contributed by atoms with E-state index in [-0.39, 0.29) is 30.3 Å². The summed E-state index contributed by atoms with van der Waals surface area (Å²) in [6.45, 7) is 8.46. The summed E-state index contributed by atoms with van der Waals surface area (Å²) in [5.41, 5.74) is -0.511. The highest BCUT2D eigenvalue weighted by Crippen LogP contribution is 2.16. The van der Waals surface area contributed by atoms with E-state index in [1.807, 2.05) is 20.8 Å². The zero-order chi connectivity index (χ0) is 16.0. The van der Waals surface area contributed by atoms with Crippen LogP contribution >= 0.6 is 0 Å². The van der Waals surface area contributed by atoms with Gasteiger partial charge in [-0.25, -0.2) is 0 Å². The molecule has 1 N–H and O–H groups in total. The first-order valence-electron chi connectivity index (χ1n) is 7.43. The molecular weight excluding hydrogens is 272 g/mol. The van der Waals surface area contributed by atoms with Gasteiger partial charge in [-0.05, 0) is 40.5 Å². The van der Waals surface area contributed by atoms with E-state index in [1.54, 1.807) is 11.8 Å². The Hall–Kier alpha value is -1.59. The van der Waals surface area contributed by atoms with Gasteiger partial charge in [0.1, 0.15) is 5.60 Å². The topological polar surface area (TPSA) is 75.7 Å². The van der Waals surface area contributed by atoms with Gasteiger partial charge in [-0.1, -0.05) is 0 Å². The van der Waals surface area contributed by atoms with Gasteiger partial charge >= 0.3 is 5.97 Å². The molecule has 1 unspecified atom stereocenters. The normalized spacial score (nSPS) is 18.0. The summed E-state index contributed by atoms with van der Waals surface area (Å²) in [5.74, 6) is -0.440. The van der Waals surface area contributed by atoms with Crippen molar-refractivity contribution in [2.45, 2.75) is 58.6 Å². The predicted octanol–water partition coefficient (Wildman–Crippen LogP) is 1.09. The summed E-state index contributed by atoms with van der Waals surface area (Å²) >= 11 is 0. The van der Waals surface area contributed by atoms with E-state index in [1.165, 1.54) is 0 Å². The van der Waals surface area contributed by atoms with Crippen molar-refractivity contribution in [2.75, 3.05) is 13.1 Å². The summed E-state index contributed by atoms with van der Waals surface area (Å²) in [4.78, 5) is 36.1. The van der Waals surface area contributed by atoms with Crippen molar-refractivity contribution in [3.05, 3.63) is 0 Å². The maximum absolute atomic E-state index is 12.1. The molecule has 1 aliphatic heterocycles. The number of hydrogen-bond donors (Lipinski definition) is 1. The summed E-state index contributed by atoms with van der Waals surface area (Å²) in [6.07, 6.45) is 2.32. The lowest BCUT2D eigenvalue weighted by Crippen LogP contribution is -2.43. The predicted molar refractivity (Wildman–Crippen MR) is 78.4 cm³/mol. The van der Waals surface area contributed by atoms with Crippen LogP contribution in [0, 0.1) is 5.92 Å². The molecule has 0 spiro atoms. The van der Waals surface area contributed by atoms with Crippen molar-refractivity contribution in [1.82, 2.24) is 10.2 Å². The Morgan fingerprint density at radius 1 is 1.33 bits per heavy atom. The summed E-state index contributed by atoms with van der Waals surface area (Å²) in [6, 6.07) is -0.253. The zero-order valence-corrected chi connectivity index (χ0v) is 13.3. The molecule has 0 bridgehead atoms. The molecule has 120 valence electrons. The summed E-state index contributed by atoms with van der Waals surface area (Å²) in [7, 11) is 0. The minimum atomic E-state index is -0.511. The molecule has 0 aromatic rings. The number of nitrogens with one attached hydrogen (secondary N) is 1. The first kappa shape index (κ1) is 17.5. The average molecular weight is 298 g/mol. The Morgan fingerprint density at radius 2 is 1.90 bits per heavy atom. The van der Waals surface area contributed by atoms with E-state index in [4.69, 9.17) is 4.74 Å². The molecule has 0 saturated carbocycles. The highest BCUT2D eigenvalue weighted by atomic mass is 16.6. The summed E-state index contributed by atoms with van der Waals surface area (Å²) in [5, 5.41) is 2.85. The van der Waals surface area contributed by atoms with Crippen molar-refractivity contribution < 1.29 is 19.1 Å². The zero-order valence-electron chi connectivity index (χ0n) is 13.3. The quantitative estimate of drug-likeness (QED) is 0.609. The van der Waals surface area contributed by atoms with Gasteiger partial charge < -0.3 is 15.0 Å². The van der Waals surface area contributed by atoms with Crippen molar-refractivity contribution in [3.8, 4) is 0 Å². The van der Waals surface area contributed by atoms with Crippen LogP contribution in [-0.2, 0) is 19.1 Å². The molecule has 2 amide bonds. The van der Waals surface area contributed by atoms with Gasteiger partial charge in [0.2, 0.25) is 12.3 Å². The third kappa shape index (κ3) is 6.60. The molecule has 1 heterocycles. The number of esters is 1. The van der Waals surface area contributed by atoms with Crippen LogP contribution in [0.2, 0.25) is 0 Å².